The number of amidine groups is 2. The molecule has 6 heteroatoms. The normalized spacial score (nSPS) is 44.1. The van der Waals surface area contributed by atoms with Gasteiger partial charge in [-0.3, -0.25) is 5.43 Å². The van der Waals surface area contributed by atoms with Crippen LogP contribution in [-0.2, 0) is 4.74 Å². The SMILES string of the molecule is CCC1=NNC2C3CC4OC5CCCCC5C4N3C(CC)=NN12. The van der Waals surface area contributed by atoms with Crippen LogP contribution in [0.1, 0.15) is 58.8 Å². The summed E-state index contributed by atoms with van der Waals surface area (Å²) in [6, 6.07) is 0.978. The molecule has 0 bridgehead atoms. The number of fused-ring (bicyclic) bond motifs is 7. The molecule has 5 rings (SSSR count). The van der Waals surface area contributed by atoms with E-state index in [9.17, 15) is 0 Å². The molecule has 6 atom stereocenters. The highest BCUT2D eigenvalue weighted by Crippen LogP contribution is 2.48. The first-order valence-electron chi connectivity index (χ1n) is 9.44. The minimum absolute atomic E-state index is 0.191. The highest BCUT2D eigenvalue weighted by atomic mass is 16.5. The molecular formula is C17H27N5O. The lowest BCUT2D eigenvalue weighted by Gasteiger charge is -2.44. The van der Waals surface area contributed by atoms with Crippen LogP contribution in [0.2, 0.25) is 0 Å². The molecule has 0 aromatic carbocycles. The molecule has 23 heavy (non-hydrogen) atoms. The number of hydrazone groups is 2. The van der Waals surface area contributed by atoms with Crippen LogP contribution in [0.5, 0.6) is 0 Å². The lowest BCUT2D eigenvalue weighted by molar-refractivity contribution is 0.0117. The molecule has 0 amide bonds. The van der Waals surface area contributed by atoms with Crippen LogP contribution in [-0.4, -0.2) is 52.0 Å². The van der Waals surface area contributed by atoms with E-state index < -0.39 is 0 Å². The smallest absolute Gasteiger partial charge is 0.158 e. The Balaban J connectivity index is 1.50. The maximum absolute atomic E-state index is 6.50. The molecule has 6 nitrogen and oxygen atoms in total. The van der Waals surface area contributed by atoms with Gasteiger partial charge in [0, 0.05) is 18.8 Å². The van der Waals surface area contributed by atoms with Crippen LogP contribution in [0.3, 0.4) is 0 Å². The largest absolute Gasteiger partial charge is 0.372 e. The molecule has 1 aliphatic carbocycles. The predicted molar refractivity (Wildman–Crippen MR) is 88.9 cm³/mol. The van der Waals surface area contributed by atoms with Crippen LogP contribution in [0.15, 0.2) is 10.2 Å². The van der Waals surface area contributed by atoms with Gasteiger partial charge in [0.05, 0.1) is 24.3 Å². The predicted octanol–water partition coefficient (Wildman–Crippen LogP) is 2.08. The summed E-state index contributed by atoms with van der Waals surface area (Å²) in [5, 5.41) is 11.6. The molecule has 4 heterocycles. The van der Waals surface area contributed by atoms with Crippen LogP contribution in [0.4, 0.5) is 0 Å². The minimum atomic E-state index is 0.191. The Morgan fingerprint density at radius 1 is 1.13 bits per heavy atom. The molecule has 3 fully saturated rings. The molecule has 5 aliphatic rings. The molecular weight excluding hydrogens is 290 g/mol. The zero-order valence-corrected chi connectivity index (χ0v) is 14.1. The lowest BCUT2D eigenvalue weighted by atomic mass is 9.82. The minimum Gasteiger partial charge on any atom is -0.372 e. The van der Waals surface area contributed by atoms with Crippen molar-refractivity contribution in [2.24, 2.45) is 16.1 Å². The van der Waals surface area contributed by atoms with Gasteiger partial charge in [0.25, 0.3) is 0 Å². The summed E-state index contributed by atoms with van der Waals surface area (Å²) >= 11 is 0. The van der Waals surface area contributed by atoms with Crippen molar-refractivity contribution in [2.45, 2.75) is 89.3 Å². The van der Waals surface area contributed by atoms with Gasteiger partial charge in [0.15, 0.2) is 6.17 Å². The standard InChI is InChI=1S/C17H27N5O/c1-3-14-18-19-17-11-9-13-16(10-7-5-6-8-12(10)23-13)21(11)15(4-2)20-22(14)17/h10-13,16-17,19H,3-9H2,1-2H3. The summed E-state index contributed by atoms with van der Waals surface area (Å²) in [4.78, 5) is 2.63. The first kappa shape index (κ1) is 14.1. The highest BCUT2D eigenvalue weighted by molar-refractivity contribution is 5.89. The van der Waals surface area contributed by atoms with E-state index in [1.54, 1.807) is 0 Å². The summed E-state index contributed by atoms with van der Waals surface area (Å²) in [6.45, 7) is 4.37. The van der Waals surface area contributed by atoms with Crippen molar-refractivity contribution in [1.29, 1.82) is 0 Å². The summed E-state index contributed by atoms with van der Waals surface area (Å²) in [5.41, 5.74) is 3.35. The second-order valence-corrected chi connectivity index (χ2v) is 7.53. The third kappa shape index (κ3) is 1.84. The number of nitrogens with one attached hydrogen (secondary N) is 1. The topological polar surface area (TPSA) is 52.5 Å². The second kappa shape index (κ2) is 5.10. The molecule has 6 unspecified atom stereocenters. The van der Waals surface area contributed by atoms with Gasteiger partial charge >= 0.3 is 0 Å². The second-order valence-electron chi connectivity index (χ2n) is 7.53. The fraction of sp³-hybridized carbons (Fsp3) is 0.882. The van der Waals surface area contributed by atoms with Gasteiger partial charge in [-0.25, -0.2) is 5.01 Å². The Morgan fingerprint density at radius 3 is 2.78 bits per heavy atom. The number of ether oxygens (including phenoxy) is 1. The fourth-order valence-corrected chi connectivity index (χ4v) is 5.51. The van der Waals surface area contributed by atoms with E-state index in [1.165, 1.54) is 31.5 Å². The zero-order valence-electron chi connectivity index (χ0n) is 14.1. The average Bonchev–Trinajstić information content (AvgIpc) is 3.24. The van der Waals surface area contributed by atoms with Gasteiger partial charge in [-0.15, -0.1) is 0 Å². The number of rotatable bonds is 2. The van der Waals surface area contributed by atoms with Crippen molar-refractivity contribution >= 4 is 11.7 Å². The van der Waals surface area contributed by atoms with E-state index in [-0.39, 0.29) is 6.17 Å². The van der Waals surface area contributed by atoms with Gasteiger partial charge in [-0.05, 0) is 19.3 Å². The van der Waals surface area contributed by atoms with E-state index in [0.29, 0.717) is 30.2 Å². The molecule has 0 spiro atoms. The lowest BCUT2D eigenvalue weighted by Crippen LogP contribution is -2.60. The molecule has 4 aliphatic heterocycles. The summed E-state index contributed by atoms with van der Waals surface area (Å²) in [6.07, 6.45) is 9.37. The first-order valence-corrected chi connectivity index (χ1v) is 9.44. The average molecular weight is 317 g/mol. The van der Waals surface area contributed by atoms with Gasteiger partial charge in [-0.1, -0.05) is 26.7 Å². The summed E-state index contributed by atoms with van der Waals surface area (Å²) < 4.78 is 6.50. The van der Waals surface area contributed by atoms with E-state index in [1.807, 2.05) is 0 Å². The first-order chi connectivity index (χ1) is 11.3. The zero-order chi connectivity index (χ0) is 15.6. The number of hydrogen-bond acceptors (Lipinski definition) is 6. The van der Waals surface area contributed by atoms with Gasteiger partial charge in [-0.2, -0.15) is 10.2 Å². The van der Waals surface area contributed by atoms with Gasteiger partial charge in [0.2, 0.25) is 0 Å². The molecule has 0 aromatic heterocycles. The Labute approximate surface area is 137 Å². The van der Waals surface area contributed by atoms with Gasteiger partial charge < -0.3 is 9.64 Å². The Kier molecular flexibility index (Phi) is 3.12. The fourth-order valence-electron chi connectivity index (χ4n) is 5.51. The maximum Gasteiger partial charge on any atom is 0.158 e. The molecule has 1 N–H and O–H groups in total. The van der Waals surface area contributed by atoms with Crippen LogP contribution in [0.25, 0.3) is 0 Å². The monoisotopic (exact) mass is 317 g/mol. The Morgan fingerprint density at radius 2 is 1.96 bits per heavy atom. The number of nitrogens with zero attached hydrogens (tertiary/aromatic N) is 4. The van der Waals surface area contributed by atoms with Crippen molar-refractivity contribution in [3.05, 3.63) is 0 Å². The molecule has 126 valence electrons. The summed E-state index contributed by atoms with van der Waals surface area (Å²) in [5.74, 6) is 3.00. The molecule has 0 aromatic rings. The number of hydrogen-bond donors (Lipinski definition) is 1. The van der Waals surface area contributed by atoms with Gasteiger partial charge in [0.1, 0.15) is 11.7 Å². The van der Waals surface area contributed by atoms with Crippen molar-refractivity contribution in [1.82, 2.24) is 15.3 Å². The van der Waals surface area contributed by atoms with Crippen molar-refractivity contribution in [2.75, 3.05) is 0 Å². The van der Waals surface area contributed by atoms with Crippen LogP contribution in [0, 0.1) is 5.92 Å². The third-order valence-corrected chi connectivity index (χ3v) is 6.45. The highest BCUT2D eigenvalue weighted by Gasteiger charge is 2.59. The Bertz CT molecular complexity index is 561. The molecule has 1 saturated carbocycles. The van der Waals surface area contributed by atoms with E-state index in [2.05, 4.69) is 34.3 Å². The quantitative estimate of drug-likeness (QED) is 0.847. The van der Waals surface area contributed by atoms with Crippen molar-refractivity contribution in [3.8, 4) is 0 Å². The molecule has 0 radical (unpaired) electrons. The van der Waals surface area contributed by atoms with E-state index >= 15 is 0 Å². The van der Waals surface area contributed by atoms with Crippen LogP contribution < -0.4 is 5.43 Å². The van der Waals surface area contributed by atoms with E-state index in [4.69, 9.17) is 9.84 Å². The van der Waals surface area contributed by atoms with E-state index in [0.717, 1.165) is 25.1 Å². The maximum atomic E-state index is 6.50. The molecule has 2 saturated heterocycles. The third-order valence-electron chi connectivity index (χ3n) is 6.45. The Hall–Kier alpha value is -1.30. The summed E-state index contributed by atoms with van der Waals surface area (Å²) in [7, 11) is 0. The van der Waals surface area contributed by atoms with Crippen molar-refractivity contribution < 1.29 is 4.74 Å². The van der Waals surface area contributed by atoms with Crippen LogP contribution >= 0.6 is 0 Å². The van der Waals surface area contributed by atoms with Crippen molar-refractivity contribution in [3.63, 3.8) is 0 Å².